The van der Waals surface area contributed by atoms with Gasteiger partial charge in [0.15, 0.2) is 5.96 Å². The van der Waals surface area contributed by atoms with Crippen LogP contribution in [0, 0.1) is 5.92 Å². The predicted molar refractivity (Wildman–Crippen MR) is 94.0 cm³/mol. The first-order valence-corrected chi connectivity index (χ1v) is 8.33. The van der Waals surface area contributed by atoms with Crippen LogP contribution in [0.2, 0.25) is 0 Å². The Morgan fingerprint density at radius 3 is 2.23 bits per heavy atom. The molecule has 1 rings (SSSR count). The van der Waals surface area contributed by atoms with E-state index in [1.165, 1.54) is 24.0 Å². The third-order valence-corrected chi connectivity index (χ3v) is 3.89. The molecule has 0 saturated carbocycles. The maximum atomic E-state index is 5.41. The van der Waals surface area contributed by atoms with E-state index in [0.717, 1.165) is 25.7 Å². The number of hydrogen-bond donors (Lipinski definition) is 2. The van der Waals surface area contributed by atoms with Crippen molar-refractivity contribution in [1.82, 2.24) is 10.6 Å². The molecule has 22 heavy (non-hydrogen) atoms. The highest BCUT2D eigenvalue weighted by atomic mass is 16.5. The van der Waals surface area contributed by atoms with E-state index >= 15 is 0 Å². The second-order valence-electron chi connectivity index (χ2n) is 5.44. The molecule has 0 spiro atoms. The van der Waals surface area contributed by atoms with Crippen molar-refractivity contribution in [1.29, 1.82) is 0 Å². The standard InChI is InChI=1S/C18H31N3O/c1-5-15(6-2)12-20-18(19-4)21-13-16-8-10-17(11-9-16)14-22-7-3/h8-11,15H,5-7,12-14H2,1-4H3,(H2,19,20,21). The highest BCUT2D eigenvalue weighted by molar-refractivity contribution is 5.79. The molecule has 1 aromatic carbocycles. The van der Waals surface area contributed by atoms with Gasteiger partial charge in [-0.1, -0.05) is 51.0 Å². The van der Waals surface area contributed by atoms with Gasteiger partial charge < -0.3 is 15.4 Å². The lowest BCUT2D eigenvalue weighted by Gasteiger charge is -2.16. The minimum Gasteiger partial charge on any atom is -0.377 e. The van der Waals surface area contributed by atoms with Gasteiger partial charge in [0.2, 0.25) is 0 Å². The highest BCUT2D eigenvalue weighted by Crippen LogP contribution is 2.06. The summed E-state index contributed by atoms with van der Waals surface area (Å²) in [6.07, 6.45) is 2.39. The third kappa shape index (κ3) is 6.94. The van der Waals surface area contributed by atoms with Gasteiger partial charge in [-0.3, -0.25) is 4.99 Å². The fourth-order valence-corrected chi connectivity index (χ4v) is 2.20. The SMILES string of the molecule is CCOCc1ccc(CNC(=NC)NCC(CC)CC)cc1. The van der Waals surface area contributed by atoms with Crippen molar-refractivity contribution in [3.63, 3.8) is 0 Å². The van der Waals surface area contributed by atoms with Crippen LogP contribution in [0.5, 0.6) is 0 Å². The number of rotatable bonds is 9. The Labute approximate surface area is 135 Å². The van der Waals surface area contributed by atoms with Crippen molar-refractivity contribution in [2.45, 2.75) is 46.8 Å². The summed E-state index contributed by atoms with van der Waals surface area (Å²) in [5.74, 6) is 1.57. The van der Waals surface area contributed by atoms with Crippen LogP contribution in [0.1, 0.15) is 44.7 Å². The molecule has 0 heterocycles. The summed E-state index contributed by atoms with van der Waals surface area (Å²) in [6.45, 7) is 9.66. The quantitative estimate of drug-likeness (QED) is 0.543. The molecule has 0 radical (unpaired) electrons. The van der Waals surface area contributed by atoms with Gasteiger partial charge in [0.25, 0.3) is 0 Å². The fourth-order valence-electron chi connectivity index (χ4n) is 2.20. The molecular formula is C18H31N3O. The maximum Gasteiger partial charge on any atom is 0.191 e. The Morgan fingerprint density at radius 1 is 1.05 bits per heavy atom. The van der Waals surface area contributed by atoms with Gasteiger partial charge in [-0.15, -0.1) is 0 Å². The van der Waals surface area contributed by atoms with Gasteiger partial charge in [0.05, 0.1) is 6.61 Å². The van der Waals surface area contributed by atoms with E-state index < -0.39 is 0 Å². The lowest BCUT2D eigenvalue weighted by atomic mass is 10.0. The molecule has 0 atom stereocenters. The van der Waals surface area contributed by atoms with Crippen molar-refractivity contribution in [3.8, 4) is 0 Å². The first-order valence-electron chi connectivity index (χ1n) is 8.33. The smallest absolute Gasteiger partial charge is 0.191 e. The molecule has 4 nitrogen and oxygen atoms in total. The molecule has 2 N–H and O–H groups in total. The maximum absolute atomic E-state index is 5.41. The van der Waals surface area contributed by atoms with Gasteiger partial charge >= 0.3 is 0 Å². The fraction of sp³-hybridized carbons (Fsp3) is 0.611. The highest BCUT2D eigenvalue weighted by Gasteiger charge is 2.04. The topological polar surface area (TPSA) is 45.6 Å². The third-order valence-electron chi connectivity index (χ3n) is 3.89. The molecule has 0 aliphatic heterocycles. The molecule has 0 saturated heterocycles. The largest absolute Gasteiger partial charge is 0.377 e. The summed E-state index contributed by atoms with van der Waals surface area (Å²) in [4.78, 5) is 4.28. The summed E-state index contributed by atoms with van der Waals surface area (Å²) in [5, 5.41) is 6.76. The second kappa shape index (κ2) is 11.1. The zero-order chi connectivity index (χ0) is 16.2. The van der Waals surface area contributed by atoms with E-state index in [9.17, 15) is 0 Å². The summed E-state index contributed by atoms with van der Waals surface area (Å²) in [7, 11) is 1.81. The zero-order valence-corrected chi connectivity index (χ0v) is 14.5. The Morgan fingerprint density at radius 2 is 1.68 bits per heavy atom. The molecule has 0 aromatic heterocycles. The predicted octanol–water partition coefficient (Wildman–Crippen LogP) is 3.32. The van der Waals surface area contributed by atoms with Gasteiger partial charge in [-0.2, -0.15) is 0 Å². The van der Waals surface area contributed by atoms with Crippen molar-refractivity contribution in [2.75, 3.05) is 20.2 Å². The summed E-state index contributed by atoms with van der Waals surface area (Å²) in [5.41, 5.74) is 2.45. The van der Waals surface area contributed by atoms with Gasteiger partial charge in [0, 0.05) is 26.7 Å². The molecule has 0 aliphatic rings. The van der Waals surface area contributed by atoms with E-state index in [0.29, 0.717) is 12.5 Å². The number of hydrogen-bond acceptors (Lipinski definition) is 2. The molecule has 0 unspecified atom stereocenters. The minimum absolute atomic E-state index is 0.683. The molecule has 0 bridgehead atoms. The monoisotopic (exact) mass is 305 g/mol. The van der Waals surface area contributed by atoms with Crippen LogP contribution in [-0.4, -0.2) is 26.2 Å². The minimum atomic E-state index is 0.683. The van der Waals surface area contributed by atoms with E-state index in [1.807, 2.05) is 14.0 Å². The average molecular weight is 305 g/mol. The van der Waals surface area contributed by atoms with Crippen molar-refractivity contribution >= 4 is 5.96 Å². The molecular weight excluding hydrogens is 274 g/mol. The Hall–Kier alpha value is -1.55. The Balaban J connectivity index is 2.39. The van der Waals surface area contributed by atoms with Gasteiger partial charge in [-0.05, 0) is 24.0 Å². The van der Waals surface area contributed by atoms with Crippen LogP contribution in [0.15, 0.2) is 29.3 Å². The first kappa shape index (κ1) is 18.5. The molecule has 0 fully saturated rings. The van der Waals surface area contributed by atoms with Crippen LogP contribution >= 0.6 is 0 Å². The van der Waals surface area contributed by atoms with Crippen LogP contribution in [0.25, 0.3) is 0 Å². The van der Waals surface area contributed by atoms with Crippen LogP contribution in [0.3, 0.4) is 0 Å². The lowest BCUT2D eigenvalue weighted by molar-refractivity contribution is 0.134. The average Bonchev–Trinajstić information content (AvgIpc) is 2.57. The number of benzene rings is 1. The van der Waals surface area contributed by atoms with Gasteiger partial charge in [0.1, 0.15) is 0 Å². The molecule has 4 heteroatoms. The normalized spacial score (nSPS) is 11.8. The lowest BCUT2D eigenvalue weighted by Crippen LogP contribution is -2.39. The Bertz CT molecular complexity index is 424. The number of ether oxygens (including phenoxy) is 1. The summed E-state index contributed by atoms with van der Waals surface area (Å²) >= 11 is 0. The molecule has 124 valence electrons. The first-order chi connectivity index (χ1) is 10.7. The van der Waals surface area contributed by atoms with Crippen molar-refractivity contribution in [2.24, 2.45) is 10.9 Å². The molecule has 1 aromatic rings. The van der Waals surface area contributed by atoms with E-state index in [-0.39, 0.29) is 0 Å². The van der Waals surface area contributed by atoms with Crippen LogP contribution in [0.4, 0.5) is 0 Å². The van der Waals surface area contributed by atoms with Crippen molar-refractivity contribution < 1.29 is 4.74 Å². The molecule has 0 aliphatic carbocycles. The van der Waals surface area contributed by atoms with E-state index in [4.69, 9.17) is 4.74 Å². The summed E-state index contributed by atoms with van der Waals surface area (Å²) in [6, 6.07) is 8.51. The van der Waals surface area contributed by atoms with Crippen LogP contribution < -0.4 is 10.6 Å². The van der Waals surface area contributed by atoms with E-state index in [1.54, 1.807) is 0 Å². The zero-order valence-electron chi connectivity index (χ0n) is 14.5. The summed E-state index contributed by atoms with van der Waals surface area (Å²) < 4.78 is 5.41. The van der Waals surface area contributed by atoms with Crippen LogP contribution in [-0.2, 0) is 17.9 Å². The van der Waals surface area contributed by atoms with Gasteiger partial charge in [-0.25, -0.2) is 0 Å². The second-order valence-corrected chi connectivity index (χ2v) is 5.44. The number of aliphatic imine (C=N–C) groups is 1. The number of nitrogens with zero attached hydrogens (tertiary/aromatic N) is 1. The number of guanidine groups is 1. The van der Waals surface area contributed by atoms with Crippen molar-refractivity contribution in [3.05, 3.63) is 35.4 Å². The number of nitrogens with one attached hydrogen (secondary N) is 2. The Kier molecular flexibility index (Phi) is 9.31. The molecule has 0 amide bonds. The van der Waals surface area contributed by atoms with E-state index in [2.05, 4.69) is 53.7 Å².